The second-order valence-electron chi connectivity index (χ2n) is 7.26. The van der Waals surface area contributed by atoms with Gasteiger partial charge in [0.05, 0.1) is 17.8 Å². The predicted octanol–water partition coefficient (Wildman–Crippen LogP) is 2.81. The highest BCUT2D eigenvalue weighted by molar-refractivity contribution is 5.87. The van der Waals surface area contributed by atoms with E-state index in [1.165, 1.54) is 6.20 Å². The summed E-state index contributed by atoms with van der Waals surface area (Å²) in [6, 6.07) is 1.59. The SMILES string of the molecule is CC(C)(C)OC(=O)N1Cc2cc(C(=O)O)cnc2C(C)(C)C1. The van der Waals surface area contributed by atoms with Gasteiger partial charge >= 0.3 is 12.1 Å². The van der Waals surface area contributed by atoms with Gasteiger partial charge in [0, 0.05) is 18.2 Å². The molecular weight excluding hydrogens is 284 g/mol. The van der Waals surface area contributed by atoms with Crippen LogP contribution in [0.4, 0.5) is 4.79 Å². The molecule has 1 N–H and O–H groups in total. The lowest BCUT2D eigenvalue weighted by molar-refractivity contribution is 0.0171. The molecule has 6 heteroatoms. The Bertz CT molecular complexity index is 617. The summed E-state index contributed by atoms with van der Waals surface area (Å²) in [7, 11) is 0. The number of carbonyl (C=O) groups is 2. The molecule has 0 aromatic carbocycles. The monoisotopic (exact) mass is 306 g/mol. The van der Waals surface area contributed by atoms with Crippen molar-refractivity contribution >= 4 is 12.1 Å². The van der Waals surface area contributed by atoms with Gasteiger partial charge in [-0.15, -0.1) is 0 Å². The van der Waals surface area contributed by atoms with Gasteiger partial charge in [0.15, 0.2) is 0 Å². The fourth-order valence-corrected chi connectivity index (χ4v) is 2.63. The van der Waals surface area contributed by atoms with Crippen LogP contribution in [-0.4, -0.2) is 39.2 Å². The summed E-state index contributed by atoms with van der Waals surface area (Å²) in [5, 5.41) is 9.10. The molecule has 0 spiro atoms. The second-order valence-corrected chi connectivity index (χ2v) is 7.26. The molecule has 2 rings (SSSR count). The van der Waals surface area contributed by atoms with E-state index in [2.05, 4.69) is 4.98 Å². The molecule has 6 nitrogen and oxygen atoms in total. The number of carboxylic acid groups (broad SMARTS) is 1. The summed E-state index contributed by atoms with van der Waals surface area (Å²) in [6.07, 6.45) is 0.971. The lowest BCUT2D eigenvalue weighted by Crippen LogP contribution is -2.47. The predicted molar refractivity (Wildman–Crippen MR) is 80.9 cm³/mol. The number of carbonyl (C=O) groups excluding carboxylic acids is 1. The zero-order valence-corrected chi connectivity index (χ0v) is 13.6. The van der Waals surface area contributed by atoms with E-state index in [1.807, 2.05) is 34.6 Å². The standard InChI is InChI=1S/C16H22N2O4/c1-15(2,3)22-14(21)18-8-11-6-10(13(19)20)7-17-12(11)16(4,5)9-18/h6-7H,8-9H2,1-5H3,(H,19,20). The first kappa shape index (κ1) is 16.3. The quantitative estimate of drug-likeness (QED) is 0.863. The van der Waals surface area contributed by atoms with Crippen LogP contribution in [0.25, 0.3) is 0 Å². The van der Waals surface area contributed by atoms with Crippen molar-refractivity contribution in [1.82, 2.24) is 9.88 Å². The molecule has 0 atom stereocenters. The largest absolute Gasteiger partial charge is 0.478 e. The van der Waals surface area contributed by atoms with Crippen molar-refractivity contribution in [2.75, 3.05) is 6.54 Å². The first-order valence-electron chi connectivity index (χ1n) is 7.20. The number of fused-ring (bicyclic) bond motifs is 1. The number of amides is 1. The van der Waals surface area contributed by atoms with Crippen LogP contribution < -0.4 is 0 Å². The number of hydrogen-bond acceptors (Lipinski definition) is 4. The number of nitrogens with zero attached hydrogens (tertiary/aromatic N) is 2. The van der Waals surface area contributed by atoms with E-state index in [0.717, 1.165) is 11.3 Å². The number of hydrogen-bond donors (Lipinski definition) is 1. The van der Waals surface area contributed by atoms with Gasteiger partial charge in [0.25, 0.3) is 0 Å². The first-order valence-corrected chi connectivity index (χ1v) is 7.20. The van der Waals surface area contributed by atoms with Crippen molar-refractivity contribution in [1.29, 1.82) is 0 Å². The Morgan fingerprint density at radius 1 is 1.36 bits per heavy atom. The Kier molecular flexibility index (Phi) is 3.89. The van der Waals surface area contributed by atoms with Crippen LogP contribution in [0, 0.1) is 0 Å². The van der Waals surface area contributed by atoms with Crippen LogP contribution in [0.5, 0.6) is 0 Å². The molecule has 1 aromatic rings. The normalized spacial score (nSPS) is 16.9. The minimum atomic E-state index is -1.03. The Morgan fingerprint density at radius 2 is 2.00 bits per heavy atom. The molecule has 0 bridgehead atoms. The molecule has 0 radical (unpaired) electrons. The summed E-state index contributed by atoms with van der Waals surface area (Å²) < 4.78 is 5.41. The van der Waals surface area contributed by atoms with Crippen LogP contribution >= 0.6 is 0 Å². The summed E-state index contributed by atoms with van der Waals surface area (Å²) >= 11 is 0. The van der Waals surface area contributed by atoms with Crippen molar-refractivity contribution in [3.63, 3.8) is 0 Å². The van der Waals surface area contributed by atoms with Crippen molar-refractivity contribution in [3.05, 3.63) is 29.1 Å². The molecule has 1 aliphatic heterocycles. The Labute approximate surface area is 130 Å². The average Bonchev–Trinajstić information content (AvgIpc) is 2.35. The van der Waals surface area contributed by atoms with Crippen LogP contribution in [0.1, 0.15) is 56.2 Å². The number of aromatic carboxylic acids is 1. The van der Waals surface area contributed by atoms with Crippen LogP contribution in [-0.2, 0) is 16.7 Å². The number of carboxylic acids is 1. The van der Waals surface area contributed by atoms with Gasteiger partial charge in [-0.3, -0.25) is 4.98 Å². The Hall–Kier alpha value is -2.11. The number of rotatable bonds is 1. The molecular formula is C16H22N2O4. The third-order valence-electron chi connectivity index (χ3n) is 3.45. The zero-order chi connectivity index (χ0) is 16.7. The summed E-state index contributed by atoms with van der Waals surface area (Å²) in [5.41, 5.74) is 0.782. The summed E-state index contributed by atoms with van der Waals surface area (Å²) in [5.74, 6) is -1.03. The van der Waals surface area contributed by atoms with Crippen LogP contribution in [0.3, 0.4) is 0 Å². The maximum absolute atomic E-state index is 12.3. The third kappa shape index (κ3) is 3.37. The van der Waals surface area contributed by atoms with Crippen molar-refractivity contribution < 1.29 is 19.4 Å². The highest BCUT2D eigenvalue weighted by atomic mass is 16.6. The molecule has 0 saturated carbocycles. The molecule has 1 aromatic heterocycles. The van der Waals surface area contributed by atoms with Gasteiger partial charge in [-0.1, -0.05) is 13.8 Å². The topological polar surface area (TPSA) is 79.7 Å². The molecule has 0 unspecified atom stereocenters. The maximum atomic E-state index is 12.3. The lowest BCUT2D eigenvalue weighted by atomic mass is 9.82. The summed E-state index contributed by atoms with van der Waals surface area (Å²) in [6.45, 7) is 10.2. The van der Waals surface area contributed by atoms with Gasteiger partial charge in [-0.25, -0.2) is 9.59 Å². The van der Waals surface area contributed by atoms with Gasteiger partial charge in [0.1, 0.15) is 5.60 Å². The van der Waals surface area contributed by atoms with Crippen molar-refractivity contribution in [2.24, 2.45) is 0 Å². The highest BCUT2D eigenvalue weighted by Gasteiger charge is 2.37. The van der Waals surface area contributed by atoms with Crippen LogP contribution in [0.2, 0.25) is 0 Å². The van der Waals surface area contributed by atoms with E-state index in [1.54, 1.807) is 11.0 Å². The van der Waals surface area contributed by atoms with Gasteiger partial charge in [-0.2, -0.15) is 0 Å². The fourth-order valence-electron chi connectivity index (χ4n) is 2.63. The Balaban J connectivity index is 2.33. The molecule has 1 amide bonds. The Morgan fingerprint density at radius 3 is 2.55 bits per heavy atom. The minimum absolute atomic E-state index is 0.126. The molecule has 0 aliphatic carbocycles. The third-order valence-corrected chi connectivity index (χ3v) is 3.45. The maximum Gasteiger partial charge on any atom is 0.410 e. The van der Waals surface area contributed by atoms with Gasteiger partial charge in [0.2, 0.25) is 0 Å². The minimum Gasteiger partial charge on any atom is -0.478 e. The van der Waals surface area contributed by atoms with Gasteiger partial charge < -0.3 is 14.7 Å². The van der Waals surface area contributed by atoms with Gasteiger partial charge in [-0.05, 0) is 32.4 Å². The van der Waals surface area contributed by atoms with E-state index in [-0.39, 0.29) is 11.0 Å². The number of ether oxygens (including phenoxy) is 1. The van der Waals surface area contributed by atoms with E-state index in [0.29, 0.717) is 13.1 Å². The molecule has 1 aliphatic rings. The highest BCUT2D eigenvalue weighted by Crippen LogP contribution is 2.32. The molecule has 0 saturated heterocycles. The van der Waals surface area contributed by atoms with E-state index in [4.69, 9.17) is 9.84 Å². The average molecular weight is 306 g/mol. The lowest BCUT2D eigenvalue weighted by Gasteiger charge is -2.39. The molecule has 0 fully saturated rings. The van der Waals surface area contributed by atoms with E-state index >= 15 is 0 Å². The molecule has 2 heterocycles. The second kappa shape index (κ2) is 5.26. The van der Waals surface area contributed by atoms with Crippen molar-refractivity contribution in [3.8, 4) is 0 Å². The van der Waals surface area contributed by atoms with E-state index in [9.17, 15) is 9.59 Å². The van der Waals surface area contributed by atoms with Crippen LogP contribution in [0.15, 0.2) is 12.3 Å². The van der Waals surface area contributed by atoms with E-state index < -0.39 is 17.7 Å². The first-order chi connectivity index (χ1) is 9.99. The number of pyridine rings is 1. The zero-order valence-electron chi connectivity index (χ0n) is 13.6. The fraction of sp³-hybridized carbons (Fsp3) is 0.562. The summed E-state index contributed by atoms with van der Waals surface area (Å²) in [4.78, 5) is 29.3. The smallest absolute Gasteiger partial charge is 0.410 e. The molecule has 120 valence electrons. The molecule has 22 heavy (non-hydrogen) atoms. The number of aromatic nitrogens is 1. The van der Waals surface area contributed by atoms with Crippen molar-refractivity contribution in [2.45, 2.75) is 52.2 Å².